The topological polar surface area (TPSA) is 73.9 Å². The largest absolute Gasteiger partial charge is 0.352 e. The number of H-pyrrole nitrogens is 1. The van der Waals surface area contributed by atoms with Crippen molar-refractivity contribution < 1.29 is 4.39 Å². The number of thiophene rings is 1. The van der Waals surface area contributed by atoms with Crippen molar-refractivity contribution in [2.45, 2.75) is 50.4 Å². The van der Waals surface area contributed by atoms with Gasteiger partial charge in [-0.2, -0.15) is 0 Å². The number of pyridine rings is 1. The summed E-state index contributed by atoms with van der Waals surface area (Å²) in [6.07, 6.45) is 5.15. The number of nitrogens with zero attached hydrogens (tertiary/aromatic N) is 3. The lowest BCUT2D eigenvalue weighted by molar-refractivity contribution is 0.214. The van der Waals surface area contributed by atoms with E-state index in [1.807, 2.05) is 43.3 Å². The molecule has 3 heterocycles. The maximum atomic E-state index is 14.9. The first-order valence-electron chi connectivity index (χ1n) is 10.1. The van der Waals surface area contributed by atoms with Crippen LogP contribution >= 0.6 is 11.3 Å². The fourth-order valence-corrected chi connectivity index (χ4v) is 5.08. The number of anilines is 1. The second kappa shape index (κ2) is 8.59. The Hall–Kier alpha value is -2.32. The lowest BCUT2D eigenvalue weighted by Crippen LogP contribution is -2.45. The highest BCUT2D eigenvalue weighted by molar-refractivity contribution is 7.22. The third-order valence-electron chi connectivity index (χ3n) is 5.84. The van der Waals surface area contributed by atoms with Gasteiger partial charge in [0, 0.05) is 24.7 Å². The van der Waals surface area contributed by atoms with Gasteiger partial charge in [-0.25, -0.2) is 4.39 Å². The zero-order chi connectivity index (χ0) is 20.4. The molecule has 0 saturated heterocycles. The van der Waals surface area contributed by atoms with Crippen molar-refractivity contribution >= 4 is 27.2 Å². The van der Waals surface area contributed by atoms with Crippen molar-refractivity contribution in [3.05, 3.63) is 40.8 Å². The lowest BCUT2D eigenvalue weighted by atomic mass is 9.91. The fraction of sp³-hybridized carbons (Fsp3) is 0.476. The number of rotatable bonds is 4. The molecule has 4 rings (SSSR count). The van der Waals surface area contributed by atoms with Gasteiger partial charge in [0.1, 0.15) is 16.6 Å². The summed E-state index contributed by atoms with van der Waals surface area (Å²) in [7, 11) is 3.84. The molecular formula is C21H26FN5OS. The zero-order valence-electron chi connectivity index (χ0n) is 16.7. The minimum absolute atomic E-state index is 0.0968. The summed E-state index contributed by atoms with van der Waals surface area (Å²) in [5.74, 6) is 0.663. The van der Waals surface area contributed by atoms with E-state index in [9.17, 15) is 9.18 Å². The molecule has 8 heteroatoms. The fourth-order valence-electron chi connectivity index (χ4n) is 4.06. The second-order valence-electron chi connectivity index (χ2n) is 7.68. The maximum absolute atomic E-state index is 14.9. The van der Waals surface area contributed by atoms with E-state index in [1.165, 1.54) is 11.3 Å². The first-order chi connectivity index (χ1) is 14.1. The summed E-state index contributed by atoms with van der Waals surface area (Å²) in [6.45, 7) is 0. The van der Waals surface area contributed by atoms with E-state index in [0.29, 0.717) is 28.7 Å². The normalized spacial score (nSPS) is 22.9. The van der Waals surface area contributed by atoms with Gasteiger partial charge in [-0.1, -0.05) is 12.8 Å². The molecule has 6 nitrogen and oxygen atoms in total. The molecule has 3 atom stereocenters. The molecule has 0 aromatic carbocycles. The van der Waals surface area contributed by atoms with Gasteiger partial charge in [-0.05, 0) is 50.6 Å². The molecule has 0 amide bonds. The lowest BCUT2D eigenvalue weighted by Gasteiger charge is -2.35. The first kappa shape index (κ1) is 20.0. The molecule has 0 spiro atoms. The Morgan fingerprint density at radius 3 is 2.79 bits per heavy atom. The van der Waals surface area contributed by atoms with Crippen molar-refractivity contribution in [2.75, 3.05) is 19.0 Å². The number of hydrogen-bond donors (Lipinski definition) is 2. The van der Waals surface area contributed by atoms with E-state index in [1.54, 1.807) is 6.20 Å². The van der Waals surface area contributed by atoms with Gasteiger partial charge >= 0.3 is 0 Å². The Kier molecular flexibility index (Phi) is 5.91. The minimum Gasteiger partial charge on any atom is -0.352 e. The highest BCUT2D eigenvalue weighted by Gasteiger charge is 2.30. The van der Waals surface area contributed by atoms with E-state index < -0.39 is 6.17 Å². The number of aromatic amines is 1. The summed E-state index contributed by atoms with van der Waals surface area (Å²) in [6, 6.07) is 7.69. The van der Waals surface area contributed by atoms with Crippen LogP contribution in [0.15, 0.2) is 35.3 Å². The maximum Gasteiger partial charge on any atom is 0.265 e. The number of fused-ring (bicyclic) bond motifs is 1. The van der Waals surface area contributed by atoms with Crippen molar-refractivity contribution in [1.82, 2.24) is 20.5 Å². The summed E-state index contributed by atoms with van der Waals surface area (Å²) in [4.78, 5) is 17.5. The van der Waals surface area contributed by atoms with Crippen LogP contribution in [0.25, 0.3) is 20.7 Å². The van der Waals surface area contributed by atoms with Gasteiger partial charge in [0.2, 0.25) is 0 Å². The number of halogens is 1. The molecule has 1 aliphatic carbocycles. The van der Waals surface area contributed by atoms with E-state index >= 15 is 0 Å². The van der Waals surface area contributed by atoms with Crippen LogP contribution in [0, 0.1) is 0 Å². The molecule has 0 radical (unpaired) electrons. The van der Waals surface area contributed by atoms with Crippen molar-refractivity contribution in [2.24, 2.45) is 0 Å². The molecule has 1 saturated carbocycles. The average molecular weight is 416 g/mol. The third-order valence-corrected chi connectivity index (χ3v) is 7.01. The van der Waals surface area contributed by atoms with Gasteiger partial charge in [-0.15, -0.1) is 21.5 Å². The number of hydrogen-bond acceptors (Lipinski definition) is 6. The monoisotopic (exact) mass is 415 g/mol. The van der Waals surface area contributed by atoms with Crippen LogP contribution in [0.1, 0.15) is 32.1 Å². The van der Waals surface area contributed by atoms with Gasteiger partial charge in [0.15, 0.2) is 5.82 Å². The molecule has 0 bridgehead atoms. The van der Waals surface area contributed by atoms with Crippen LogP contribution in [0.2, 0.25) is 0 Å². The van der Waals surface area contributed by atoms with Crippen LogP contribution in [-0.2, 0) is 0 Å². The van der Waals surface area contributed by atoms with E-state index in [0.717, 1.165) is 35.9 Å². The van der Waals surface area contributed by atoms with Crippen molar-refractivity contribution in [3.8, 4) is 10.6 Å². The molecular weight excluding hydrogens is 389 g/mol. The van der Waals surface area contributed by atoms with Gasteiger partial charge in [0.05, 0.1) is 10.9 Å². The molecule has 1 aliphatic rings. The molecule has 29 heavy (non-hydrogen) atoms. The van der Waals surface area contributed by atoms with Gasteiger partial charge in [-0.3, -0.25) is 4.79 Å². The van der Waals surface area contributed by atoms with Crippen LogP contribution in [0.5, 0.6) is 0 Å². The summed E-state index contributed by atoms with van der Waals surface area (Å²) < 4.78 is 15.6. The van der Waals surface area contributed by atoms with Crippen LogP contribution in [-0.4, -0.2) is 47.5 Å². The smallest absolute Gasteiger partial charge is 0.265 e. The van der Waals surface area contributed by atoms with Crippen molar-refractivity contribution in [1.29, 1.82) is 0 Å². The van der Waals surface area contributed by atoms with Crippen LogP contribution in [0.4, 0.5) is 10.2 Å². The molecule has 0 aliphatic heterocycles. The molecule has 1 fully saturated rings. The number of alkyl halides is 1. The Balaban J connectivity index is 1.57. The second-order valence-corrected chi connectivity index (χ2v) is 8.73. The summed E-state index contributed by atoms with van der Waals surface area (Å²) >= 11 is 1.40. The molecule has 0 unspecified atom stereocenters. The Morgan fingerprint density at radius 2 is 2.07 bits per heavy atom. The van der Waals surface area contributed by atoms with Crippen LogP contribution in [0.3, 0.4) is 0 Å². The summed E-state index contributed by atoms with van der Waals surface area (Å²) in [5, 5.41) is 12.9. The third kappa shape index (κ3) is 4.18. The standard InChI is InChI=1S/C21H26FN5OS/c1-23-14-5-3-4-6-15(22)17(12-14)27(2)19-8-7-16(25-26-19)18-11-13-9-10-24-21(28)20(13)29-18/h7-11,14-15,17,23H,3-6,12H2,1-2H3,(H,24,28)/t14-,15+,17-/m1/s1. The predicted molar refractivity (Wildman–Crippen MR) is 116 cm³/mol. The van der Waals surface area contributed by atoms with Crippen molar-refractivity contribution in [3.63, 3.8) is 0 Å². The Labute approximate surface area is 173 Å². The number of nitrogens with one attached hydrogen (secondary N) is 2. The predicted octanol–water partition coefficient (Wildman–Crippen LogP) is 3.74. The molecule has 2 N–H and O–H groups in total. The minimum atomic E-state index is -0.882. The summed E-state index contributed by atoms with van der Waals surface area (Å²) in [5.41, 5.74) is 0.616. The first-order valence-corrected chi connectivity index (χ1v) is 10.9. The van der Waals surface area contributed by atoms with Gasteiger partial charge < -0.3 is 15.2 Å². The SMILES string of the molecule is CN[C@@H]1CCCC[C@H](F)[C@H](N(C)c2ccc(-c3cc4cc[nH]c(=O)c4s3)nn2)C1. The number of aromatic nitrogens is 3. The van der Waals surface area contributed by atoms with E-state index in [-0.39, 0.29) is 11.6 Å². The Morgan fingerprint density at radius 1 is 1.24 bits per heavy atom. The van der Waals surface area contributed by atoms with E-state index in [2.05, 4.69) is 20.5 Å². The molecule has 3 aromatic rings. The van der Waals surface area contributed by atoms with E-state index in [4.69, 9.17) is 0 Å². The molecule has 3 aromatic heterocycles. The highest BCUT2D eigenvalue weighted by Crippen LogP contribution is 2.31. The quantitative estimate of drug-likeness (QED) is 0.679. The molecule has 154 valence electrons. The van der Waals surface area contributed by atoms with Gasteiger partial charge in [0.25, 0.3) is 5.56 Å². The highest BCUT2D eigenvalue weighted by atomic mass is 32.1. The zero-order valence-corrected chi connectivity index (χ0v) is 17.5. The van der Waals surface area contributed by atoms with Crippen LogP contribution < -0.4 is 15.8 Å². The average Bonchev–Trinajstić information content (AvgIpc) is 3.17. The Bertz CT molecular complexity index is 1020.